The molecule has 0 aliphatic carbocycles. The first kappa shape index (κ1) is 25.1. The second kappa shape index (κ2) is 11.1. The fourth-order valence-electron chi connectivity index (χ4n) is 3.21. The van der Waals surface area contributed by atoms with Crippen LogP contribution in [0.15, 0.2) is 71.6 Å². The van der Waals surface area contributed by atoms with Crippen LogP contribution in [-0.4, -0.2) is 29.9 Å². The minimum absolute atomic E-state index is 0.180. The Hall–Kier alpha value is -3.04. The number of hydrogen-bond acceptors (Lipinski definition) is 6. The lowest BCUT2D eigenvalue weighted by Crippen LogP contribution is -2.27. The number of nitrogens with zero attached hydrogens (tertiary/aromatic N) is 1. The summed E-state index contributed by atoms with van der Waals surface area (Å²) in [5.41, 5.74) is 1.88. The van der Waals surface area contributed by atoms with E-state index in [4.69, 9.17) is 44.9 Å². The second-order valence-electron chi connectivity index (χ2n) is 7.26. The van der Waals surface area contributed by atoms with Gasteiger partial charge in [-0.25, -0.2) is 0 Å². The number of amides is 2. The van der Waals surface area contributed by atoms with Gasteiger partial charge in [-0.05, 0) is 54.1 Å². The van der Waals surface area contributed by atoms with Gasteiger partial charge in [-0.3, -0.25) is 14.5 Å². The Morgan fingerprint density at radius 3 is 2.60 bits per heavy atom. The van der Waals surface area contributed by atoms with Gasteiger partial charge >= 0.3 is 0 Å². The van der Waals surface area contributed by atoms with Crippen LogP contribution in [0.3, 0.4) is 0 Å². The normalized spacial score (nSPS) is 14.4. The quantitative estimate of drug-likeness (QED) is 0.273. The second-order valence-corrected chi connectivity index (χ2v) is 9.75. The minimum atomic E-state index is -0.314. The number of carbonyl (C=O) groups is 2. The van der Waals surface area contributed by atoms with Crippen molar-refractivity contribution in [3.05, 3.63) is 87.2 Å². The molecule has 10 heteroatoms. The molecule has 0 aromatic heterocycles. The van der Waals surface area contributed by atoms with Crippen LogP contribution in [0.1, 0.15) is 5.56 Å². The monoisotopic (exact) mass is 544 g/mol. The SMILES string of the molecule is COc1cccc(NC(=O)COc2cccc(/C=C3\SC(=S)N(c4ccc(Cl)c(Cl)c4)C3=O)c2)c1. The molecule has 0 spiro atoms. The number of carbonyl (C=O) groups excluding carboxylic acids is 2. The summed E-state index contributed by atoms with van der Waals surface area (Å²) in [5, 5.41) is 3.49. The molecule has 3 aromatic carbocycles. The van der Waals surface area contributed by atoms with Gasteiger partial charge in [0.1, 0.15) is 11.5 Å². The highest BCUT2D eigenvalue weighted by molar-refractivity contribution is 8.27. The van der Waals surface area contributed by atoms with E-state index in [9.17, 15) is 9.59 Å². The highest BCUT2D eigenvalue weighted by Gasteiger charge is 2.33. The maximum atomic E-state index is 13.0. The molecule has 1 heterocycles. The molecule has 3 aromatic rings. The predicted molar refractivity (Wildman–Crippen MR) is 146 cm³/mol. The van der Waals surface area contributed by atoms with Crippen molar-refractivity contribution in [2.75, 3.05) is 23.9 Å². The summed E-state index contributed by atoms with van der Waals surface area (Å²) in [6.07, 6.45) is 1.72. The van der Waals surface area contributed by atoms with Gasteiger partial charge in [0.2, 0.25) is 0 Å². The number of thiocarbonyl (C=S) groups is 1. The van der Waals surface area contributed by atoms with Crippen LogP contribution < -0.4 is 19.7 Å². The average molecular weight is 545 g/mol. The van der Waals surface area contributed by atoms with Crippen LogP contribution in [-0.2, 0) is 9.59 Å². The zero-order valence-corrected chi connectivity index (χ0v) is 21.4. The Bertz CT molecular complexity index is 1350. The third-order valence-corrected chi connectivity index (χ3v) is 6.88. The van der Waals surface area contributed by atoms with Crippen LogP contribution in [0.2, 0.25) is 10.0 Å². The van der Waals surface area contributed by atoms with E-state index in [2.05, 4.69) is 5.32 Å². The maximum Gasteiger partial charge on any atom is 0.270 e. The Morgan fingerprint density at radius 2 is 1.83 bits per heavy atom. The molecule has 0 radical (unpaired) electrons. The highest BCUT2D eigenvalue weighted by Crippen LogP contribution is 2.38. The molecule has 4 rings (SSSR count). The van der Waals surface area contributed by atoms with Gasteiger partial charge in [0.25, 0.3) is 11.8 Å². The first-order valence-electron chi connectivity index (χ1n) is 10.2. The third kappa shape index (κ3) is 6.15. The lowest BCUT2D eigenvalue weighted by atomic mass is 10.2. The molecule has 0 atom stereocenters. The molecule has 6 nitrogen and oxygen atoms in total. The molecule has 1 aliphatic rings. The van der Waals surface area contributed by atoms with Gasteiger partial charge in [-0.15, -0.1) is 0 Å². The predicted octanol–water partition coefficient (Wildman–Crippen LogP) is 6.43. The number of ether oxygens (including phenoxy) is 2. The van der Waals surface area contributed by atoms with Gasteiger partial charge in [0, 0.05) is 11.8 Å². The highest BCUT2D eigenvalue weighted by atomic mass is 35.5. The summed E-state index contributed by atoms with van der Waals surface area (Å²) >= 11 is 18.7. The van der Waals surface area contributed by atoms with E-state index in [1.54, 1.807) is 73.8 Å². The van der Waals surface area contributed by atoms with Crippen molar-refractivity contribution in [2.24, 2.45) is 0 Å². The topological polar surface area (TPSA) is 67.9 Å². The smallest absolute Gasteiger partial charge is 0.270 e. The molecular weight excluding hydrogens is 527 g/mol. The number of hydrogen-bond donors (Lipinski definition) is 1. The molecule has 1 aliphatic heterocycles. The minimum Gasteiger partial charge on any atom is -0.497 e. The van der Waals surface area contributed by atoms with E-state index in [1.165, 1.54) is 16.7 Å². The van der Waals surface area contributed by atoms with Crippen LogP contribution >= 0.6 is 47.2 Å². The van der Waals surface area contributed by atoms with E-state index in [1.807, 2.05) is 6.07 Å². The molecule has 0 saturated carbocycles. The summed E-state index contributed by atoms with van der Waals surface area (Å²) in [5.74, 6) is 0.550. The number of anilines is 2. The van der Waals surface area contributed by atoms with Crippen molar-refractivity contribution in [1.82, 2.24) is 0 Å². The van der Waals surface area contributed by atoms with Crippen molar-refractivity contribution >= 4 is 80.8 Å². The van der Waals surface area contributed by atoms with Crippen LogP contribution in [0.4, 0.5) is 11.4 Å². The van der Waals surface area contributed by atoms with Crippen molar-refractivity contribution in [2.45, 2.75) is 0 Å². The van der Waals surface area contributed by atoms with Crippen LogP contribution in [0, 0.1) is 0 Å². The molecule has 178 valence electrons. The van der Waals surface area contributed by atoms with E-state index in [0.717, 1.165) is 5.56 Å². The standard InChI is InChI=1S/C25H18Cl2N2O4S2/c1-32-18-6-3-5-16(12-18)28-23(30)14-33-19-7-2-4-15(10-19)11-22-24(31)29(25(34)35-22)17-8-9-20(26)21(27)13-17/h2-13H,14H2,1H3,(H,28,30)/b22-11-. The number of methoxy groups -OCH3 is 1. The Kier molecular flexibility index (Phi) is 7.97. The summed E-state index contributed by atoms with van der Waals surface area (Å²) in [4.78, 5) is 27.2. The van der Waals surface area contributed by atoms with Gasteiger partial charge < -0.3 is 14.8 Å². The lowest BCUT2D eigenvalue weighted by Gasteiger charge is -2.15. The van der Waals surface area contributed by atoms with Crippen molar-refractivity contribution in [3.8, 4) is 11.5 Å². The first-order valence-corrected chi connectivity index (χ1v) is 12.2. The number of thioether (sulfide) groups is 1. The Morgan fingerprint density at radius 1 is 1.06 bits per heavy atom. The van der Waals surface area contributed by atoms with E-state index in [-0.39, 0.29) is 18.4 Å². The summed E-state index contributed by atoms with van der Waals surface area (Å²) in [7, 11) is 1.56. The molecule has 1 N–H and O–H groups in total. The molecule has 35 heavy (non-hydrogen) atoms. The molecule has 2 amide bonds. The summed E-state index contributed by atoms with van der Waals surface area (Å²) in [6.45, 7) is -0.180. The van der Waals surface area contributed by atoms with Crippen LogP contribution in [0.5, 0.6) is 11.5 Å². The molecule has 0 bridgehead atoms. The van der Waals surface area contributed by atoms with Gasteiger partial charge in [0.05, 0.1) is 27.7 Å². The van der Waals surface area contributed by atoms with Gasteiger partial charge in [-0.1, -0.05) is 65.4 Å². The summed E-state index contributed by atoms with van der Waals surface area (Å²) in [6, 6.07) is 19.0. The third-order valence-electron chi connectivity index (χ3n) is 4.83. The number of halogens is 2. The van der Waals surface area contributed by atoms with Crippen LogP contribution in [0.25, 0.3) is 6.08 Å². The van der Waals surface area contributed by atoms with E-state index in [0.29, 0.717) is 42.1 Å². The van der Waals surface area contributed by atoms with E-state index >= 15 is 0 Å². The molecule has 0 unspecified atom stereocenters. The zero-order valence-electron chi connectivity index (χ0n) is 18.3. The van der Waals surface area contributed by atoms with E-state index < -0.39 is 0 Å². The Labute approximate surface area is 221 Å². The number of rotatable bonds is 7. The van der Waals surface area contributed by atoms with Crippen molar-refractivity contribution < 1.29 is 19.1 Å². The lowest BCUT2D eigenvalue weighted by molar-refractivity contribution is -0.118. The molecule has 1 fully saturated rings. The molecule has 1 saturated heterocycles. The average Bonchev–Trinajstić information content (AvgIpc) is 3.12. The number of nitrogens with one attached hydrogen (secondary N) is 1. The van der Waals surface area contributed by atoms with Crippen molar-refractivity contribution in [1.29, 1.82) is 0 Å². The fourth-order valence-corrected chi connectivity index (χ4v) is 4.80. The number of benzene rings is 3. The largest absolute Gasteiger partial charge is 0.497 e. The zero-order chi connectivity index (χ0) is 24.9. The summed E-state index contributed by atoms with van der Waals surface area (Å²) < 4.78 is 11.2. The van der Waals surface area contributed by atoms with Crippen molar-refractivity contribution in [3.63, 3.8) is 0 Å². The first-order chi connectivity index (χ1) is 16.8. The molecular formula is C25H18Cl2N2O4S2. The maximum absolute atomic E-state index is 13.0. The Balaban J connectivity index is 1.42. The van der Waals surface area contributed by atoms with Gasteiger partial charge in [0.15, 0.2) is 10.9 Å². The fraction of sp³-hybridized carbons (Fsp3) is 0.0800. The van der Waals surface area contributed by atoms with Gasteiger partial charge in [-0.2, -0.15) is 0 Å².